The van der Waals surface area contributed by atoms with Crippen molar-refractivity contribution in [3.8, 4) is 11.1 Å². The first-order chi connectivity index (χ1) is 17.3. The number of hydrogen-bond donors (Lipinski definition) is 0. The minimum Gasteiger partial charge on any atom is -0.393 e. The molecule has 2 aromatic rings. The number of ketones is 2. The first-order valence-corrected chi connectivity index (χ1v) is 13.3. The van der Waals surface area contributed by atoms with Crippen LogP contribution in [-0.2, 0) is 29.3 Å². The Labute approximate surface area is 211 Å². The lowest BCUT2D eigenvalue weighted by atomic mass is 9.51. The average molecular weight is 485 g/mol. The van der Waals surface area contributed by atoms with Crippen LogP contribution in [0.15, 0.2) is 48.5 Å². The van der Waals surface area contributed by atoms with Gasteiger partial charge in [-0.25, -0.2) is 0 Å². The molecule has 2 saturated carbocycles. The Morgan fingerprint density at radius 3 is 1.83 bits per heavy atom. The molecule has 4 aliphatic rings. The lowest BCUT2D eigenvalue weighted by Gasteiger charge is -2.51. The number of fused-ring (bicyclic) bond motifs is 4. The van der Waals surface area contributed by atoms with Crippen LogP contribution in [0.5, 0.6) is 0 Å². The van der Waals surface area contributed by atoms with Crippen molar-refractivity contribution in [3.63, 3.8) is 0 Å². The highest BCUT2D eigenvalue weighted by molar-refractivity contribution is 5.96. The van der Waals surface area contributed by atoms with E-state index in [-0.39, 0.29) is 58.5 Å². The molecule has 5 nitrogen and oxygen atoms in total. The summed E-state index contributed by atoms with van der Waals surface area (Å²) in [7, 11) is 0. The number of rotatable bonds is 4. The maximum Gasteiger partial charge on any atom is 0.317 e. The second-order valence-electron chi connectivity index (χ2n) is 11.4. The predicted molar refractivity (Wildman–Crippen MR) is 134 cm³/mol. The lowest BCUT2D eigenvalue weighted by molar-refractivity contribution is -0.153. The Balaban J connectivity index is 1.52. The van der Waals surface area contributed by atoms with Crippen molar-refractivity contribution in [3.05, 3.63) is 59.7 Å². The van der Waals surface area contributed by atoms with Crippen LogP contribution in [0.25, 0.3) is 11.1 Å². The maximum atomic E-state index is 12.8. The van der Waals surface area contributed by atoms with Gasteiger partial charge >= 0.3 is 11.9 Å². The smallest absolute Gasteiger partial charge is 0.317 e. The van der Waals surface area contributed by atoms with Gasteiger partial charge in [-0.1, -0.05) is 48.5 Å². The molecule has 6 atom stereocenters. The van der Waals surface area contributed by atoms with Crippen LogP contribution in [0.4, 0.5) is 0 Å². The molecule has 0 N–H and O–H groups in total. The standard InChI is InChI=1S/C31H32O5/c1-17(32)21-13-11-19(15-25(21)18(2)33)31(20-12-14-24-26(16-20)30(35)36-29(24)34)27-9-5-3-7-22(27)23-8-4-6-10-28(23)31/h3-10,19-21,24-26H,11-16H2,1-2H3. The third-order valence-electron chi connectivity index (χ3n) is 9.88. The van der Waals surface area contributed by atoms with Crippen molar-refractivity contribution in [2.45, 2.75) is 57.8 Å². The largest absolute Gasteiger partial charge is 0.393 e. The van der Waals surface area contributed by atoms with Crippen LogP contribution in [0.3, 0.4) is 0 Å². The summed E-state index contributed by atoms with van der Waals surface area (Å²) in [5, 5.41) is 0. The summed E-state index contributed by atoms with van der Waals surface area (Å²) in [5.41, 5.74) is 4.59. The van der Waals surface area contributed by atoms with E-state index >= 15 is 0 Å². The molecule has 2 aromatic carbocycles. The predicted octanol–water partition coefficient (Wildman–Crippen LogP) is 5.28. The molecule has 3 aliphatic carbocycles. The van der Waals surface area contributed by atoms with Crippen LogP contribution >= 0.6 is 0 Å². The van der Waals surface area contributed by atoms with Crippen LogP contribution in [0.1, 0.15) is 63.5 Å². The van der Waals surface area contributed by atoms with E-state index < -0.39 is 5.92 Å². The number of benzene rings is 2. The van der Waals surface area contributed by atoms with Gasteiger partial charge in [-0.15, -0.1) is 0 Å². The zero-order valence-corrected chi connectivity index (χ0v) is 20.9. The summed E-state index contributed by atoms with van der Waals surface area (Å²) in [5.74, 6) is -1.52. The SMILES string of the molecule is CC(=O)C1CCC(C2(C3CCC4C(=O)OC(=O)C4C3)c3ccccc3-c3ccccc32)CC1C(C)=O. The summed E-state index contributed by atoms with van der Waals surface area (Å²) in [6.07, 6.45) is 4.29. The molecule has 6 unspecified atom stereocenters. The molecule has 0 spiro atoms. The van der Waals surface area contributed by atoms with E-state index in [0.29, 0.717) is 25.7 Å². The van der Waals surface area contributed by atoms with Gasteiger partial charge < -0.3 is 4.74 Å². The third kappa shape index (κ3) is 3.21. The fourth-order valence-corrected chi connectivity index (χ4v) is 8.41. The monoisotopic (exact) mass is 484 g/mol. The molecule has 0 radical (unpaired) electrons. The van der Waals surface area contributed by atoms with Gasteiger partial charge in [0.1, 0.15) is 11.6 Å². The molecular formula is C31H32O5. The summed E-state index contributed by atoms with van der Waals surface area (Å²) >= 11 is 0. The van der Waals surface area contributed by atoms with Crippen LogP contribution in [-0.4, -0.2) is 23.5 Å². The number of carbonyl (C=O) groups is 4. The first-order valence-electron chi connectivity index (χ1n) is 13.3. The number of ether oxygens (including phenoxy) is 1. The van der Waals surface area contributed by atoms with E-state index in [1.807, 2.05) is 0 Å². The normalized spacial score (nSPS) is 32.3. The number of cyclic esters (lactones) is 2. The minimum atomic E-state index is -0.398. The van der Waals surface area contributed by atoms with Gasteiger partial charge in [-0.3, -0.25) is 19.2 Å². The van der Waals surface area contributed by atoms with Gasteiger partial charge in [0, 0.05) is 17.3 Å². The molecule has 6 rings (SSSR count). The highest BCUT2D eigenvalue weighted by atomic mass is 16.6. The zero-order chi connectivity index (χ0) is 25.2. The van der Waals surface area contributed by atoms with Gasteiger partial charge in [-0.05, 0) is 86.5 Å². The van der Waals surface area contributed by atoms with Crippen LogP contribution in [0, 0.1) is 35.5 Å². The maximum absolute atomic E-state index is 12.8. The van der Waals surface area contributed by atoms with Crippen molar-refractivity contribution in [1.29, 1.82) is 0 Å². The molecule has 0 bridgehead atoms. The van der Waals surface area contributed by atoms with Crippen molar-refractivity contribution < 1.29 is 23.9 Å². The van der Waals surface area contributed by atoms with Gasteiger partial charge in [-0.2, -0.15) is 0 Å². The Hall–Kier alpha value is -3.08. The fourth-order valence-electron chi connectivity index (χ4n) is 8.41. The van der Waals surface area contributed by atoms with Crippen molar-refractivity contribution in [2.75, 3.05) is 0 Å². The first kappa shape index (κ1) is 23.3. The molecule has 3 fully saturated rings. The summed E-state index contributed by atoms with van der Waals surface area (Å²) < 4.78 is 5.07. The van der Waals surface area contributed by atoms with E-state index in [2.05, 4.69) is 48.5 Å². The lowest BCUT2D eigenvalue weighted by Crippen LogP contribution is -2.49. The van der Waals surface area contributed by atoms with Crippen molar-refractivity contribution in [1.82, 2.24) is 0 Å². The van der Waals surface area contributed by atoms with Gasteiger partial charge in [0.05, 0.1) is 11.8 Å². The molecule has 1 heterocycles. The van der Waals surface area contributed by atoms with E-state index in [1.54, 1.807) is 13.8 Å². The molecule has 0 amide bonds. The fraction of sp³-hybridized carbons (Fsp3) is 0.484. The van der Waals surface area contributed by atoms with E-state index in [0.717, 1.165) is 12.8 Å². The molecule has 5 heteroatoms. The summed E-state index contributed by atoms with van der Waals surface area (Å²) in [6, 6.07) is 17.1. The van der Waals surface area contributed by atoms with Crippen molar-refractivity contribution in [2.24, 2.45) is 35.5 Å². The molecule has 1 aliphatic heterocycles. The zero-order valence-electron chi connectivity index (χ0n) is 20.9. The topological polar surface area (TPSA) is 77.5 Å². The van der Waals surface area contributed by atoms with Gasteiger partial charge in [0.15, 0.2) is 0 Å². The Morgan fingerprint density at radius 2 is 1.22 bits per heavy atom. The van der Waals surface area contributed by atoms with E-state index in [9.17, 15) is 19.2 Å². The van der Waals surface area contributed by atoms with E-state index in [1.165, 1.54) is 22.3 Å². The second kappa shape index (κ2) is 8.50. The number of hydrogen-bond acceptors (Lipinski definition) is 5. The molecule has 186 valence electrons. The van der Waals surface area contributed by atoms with E-state index in [4.69, 9.17) is 4.74 Å². The molecular weight excluding hydrogens is 452 g/mol. The molecule has 0 aromatic heterocycles. The Kier molecular flexibility index (Phi) is 5.51. The van der Waals surface area contributed by atoms with Crippen LogP contribution in [0.2, 0.25) is 0 Å². The minimum absolute atomic E-state index is 0.0864. The highest BCUT2D eigenvalue weighted by Crippen LogP contribution is 2.63. The second-order valence-corrected chi connectivity index (χ2v) is 11.4. The number of carbonyl (C=O) groups excluding carboxylic acids is 4. The summed E-state index contributed by atoms with van der Waals surface area (Å²) in [4.78, 5) is 50.3. The van der Waals surface area contributed by atoms with Gasteiger partial charge in [0.2, 0.25) is 0 Å². The Bertz CT molecular complexity index is 1230. The Morgan fingerprint density at radius 1 is 0.694 bits per heavy atom. The van der Waals surface area contributed by atoms with Crippen LogP contribution < -0.4 is 0 Å². The van der Waals surface area contributed by atoms with Crippen molar-refractivity contribution >= 4 is 23.5 Å². The third-order valence-corrected chi connectivity index (χ3v) is 9.88. The highest BCUT2D eigenvalue weighted by Gasteiger charge is 2.59. The molecule has 36 heavy (non-hydrogen) atoms. The average Bonchev–Trinajstić information content (AvgIpc) is 3.34. The number of esters is 2. The molecule has 1 saturated heterocycles. The number of Topliss-reactive ketones (excluding diaryl/α,β-unsaturated/α-hetero) is 2. The summed E-state index contributed by atoms with van der Waals surface area (Å²) in [6.45, 7) is 3.23. The van der Waals surface area contributed by atoms with Gasteiger partial charge in [0.25, 0.3) is 0 Å². The quantitative estimate of drug-likeness (QED) is 0.436.